The lowest BCUT2D eigenvalue weighted by Crippen LogP contribution is -2.12. The van der Waals surface area contributed by atoms with Crippen LogP contribution in [-0.4, -0.2) is 50.8 Å². The lowest BCUT2D eigenvalue weighted by atomic mass is 10.2. The van der Waals surface area contributed by atoms with E-state index in [1.54, 1.807) is 10.9 Å². The first-order chi connectivity index (χ1) is 11.3. The number of rotatable bonds is 4. The fourth-order valence-corrected chi connectivity index (χ4v) is 4.93. The molecule has 0 saturated carbocycles. The van der Waals surface area contributed by atoms with Crippen molar-refractivity contribution in [3.05, 3.63) is 27.0 Å². The fourth-order valence-electron chi connectivity index (χ4n) is 2.68. The normalized spacial score (nSPS) is 20.2. The zero-order valence-electron chi connectivity index (χ0n) is 13.2. The van der Waals surface area contributed by atoms with E-state index < -0.39 is 9.84 Å². The molecule has 11 heteroatoms. The summed E-state index contributed by atoms with van der Waals surface area (Å²) in [6.07, 6.45) is 2.78. The van der Waals surface area contributed by atoms with Gasteiger partial charge in [-0.2, -0.15) is 20.0 Å². The Morgan fingerprint density at radius 1 is 1.54 bits per heavy atom. The number of hydrogen-bond donors (Lipinski definition) is 1. The topological polar surface area (TPSA) is 97.9 Å². The average Bonchev–Trinajstić information content (AvgIpc) is 3.15. The van der Waals surface area contributed by atoms with Crippen LogP contribution in [-0.2, 0) is 16.3 Å². The van der Waals surface area contributed by atoms with Gasteiger partial charge in [-0.05, 0) is 25.6 Å². The van der Waals surface area contributed by atoms with E-state index in [1.807, 2.05) is 13.8 Å². The third-order valence-corrected chi connectivity index (χ3v) is 6.35. The molecule has 2 aromatic rings. The van der Waals surface area contributed by atoms with Crippen molar-refractivity contribution in [2.45, 2.75) is 32.7 Å². The van der Waals surface area contributed by atoms with Crippen LogP contribution in [0.1, 0.15) is 36.5 Å². The van der Waals surface area contributed by atoms with Gasteiger partial charge in [-0.25, -0.2) is 13.1 Å². The molecule has 1 aliphatic rings. The zero-order chi connectivity index (χ0) is 17.5. The largest absolute Gasteiger partial charge is 0.250 e. The van der Waals surface area contributed by atoms with Crippen molar-refractivity contribution in [1.29, 1.82) is 0 Å². The second kappa shape index (κ2) is 6.41. The smallest absolute Gasteiger partial charge is 0.216 e. The monoisotopic (exact) mass is 388 g/mol. The summed E-state index contributed by atoms with van der Waals surface area (Å²) < 4.78 is 26.8. The SMILES string of the molecule is CCc1n[nH]c(=S)n1/N=C\c1c(C)nn([C@H]2CCS(=O)(=O)C2)c1Cl. The van der Waals surface area contributed by atoms with Crippen LogP contribution in [0.2, 0.25) is 5.15 Å². The standard InChI is InChI=1S/C13H17ClN6O2S2/c1-3-11-16-17-13(23)20(11)15-6-10-8(2)18-19(12(10)14)9-4-5-24(21,22)7-9/h6,9H,3-5,7H2,1-2H3,(H,17,23)/b15-6-/t9-/m0/s1. The summed E-state index contributed by atoms with van der Waals surface area (Å²) in [5, 5.41) is 15.9. The van der Waals surface area contributed by atoms with Crippen LogP contribution in [0.3, 0.4) is 0 Å². The highest BCUT2D eigenvalue weighted by Gasteiger charge is 2.31. The average molecular weight is 389 g/mol. The first-order valence-corrected chi connectivity index (χ1v) is 10.1. The van der Waals surface area contributed by atoms with Gasteiger partial charge < -0.3 is 0 Å². The van der Waals surface area contributed by atoms with E-state index in [2.05, 4.69) is 20.4 Å². The quantitative estimate of drug-likeness (QED) is 0.637. The lowest BCUT2D eigenvalue weighted by molar-refractivity contribution is 0.497. The summed E-state index contributed by atoms with van der Waals surface area (Å²) in [5.41, 5.74) is 1.33. The number of aromatic amines is 1. The Morgan fingerprint density at radius 3 is 2.92 bits per heavy atom. The number of sulfone groups is 1. The van der Waals surface area contributed by atoms with Crippen molar-refractivity contribution < 1.29 is 8.42 Å². The van der Waals surface area contributed by atoms with Crippen LogP contribution in [0.5, 0.6) is 0 Å². The second-order valence-electron chi connectivity index (χ2n) is 5.65. The molecule has 0 aliphatic carbocycles. The Labute approximate surface area is 149 Å². The van der Waals surface area contributed by atoms with Crippen molar-refractivity contribution in [2.75, 3.05) is 11.5 Å². The molecule has 0 aromatic carbocycles. The maximum absolute atomic E-state index is 11.7. The van der Waals surface area contributed by atoms with Gasteiger partial charge in [0.2, 0.25) is 4.77 Å². The molecule has 24 heavy (non-hydrogen) atoms. The zero-order valence-corrected chi connectivity index (χ0v) is 15.6. The number of aryl methyl sites for hydroxylation is 2. The first kappa shape index (κ1) is 17.3. The van der Waals surface area contributed by atoms with E-state index in [-0.39, 0.29) is 17.5 Å². The van der Waals surface area contributed by atoms with Crippen LogP contribution in [0, 0.1) is 11.7 Å². The van der Waals surface area contributed by atoms with Crippen molar-refractivity contribution in [3.63, 3.8) is 0 Å². The summed E-state index contributed by atoms with van der Waals surface area (Å²) in [4.78, 5) is 0. The molecule has 1 saturated heterocycles. The molecule has 0 amide bonds. The van der Waals surface area contributed by atoms with Gasteiger partial charge in [0.1, 0.15) is 5.15 Å². The van der Waals surface area contributed by atoms with Crippen molar-refractivity contribution in [3.8, 4) is 0 Å². The van der Waals surface area contributed by atoms with Crippen molar-refractivity contribution in [2.24, 2.45) is 5.10 Å². The molecule has 2 aromatic heterocycles. The van der Waals surface area contributed by atoms with E-state index in [0.29, 0.717) is 39.8 Å². The molecule has 1 aliphatic heterocycles. The van der Waals surface area contributed by atoms with E-state index in [9.17, 15) is 8.42 Å². The Hall–Kier alpha value is -1.52. The summed E-state index contributed by atoms with van der Waals surface area (Å²) in [5.74, 6) is 0.941. The maximum atomic E-state index is 11.7. The first-order valence-electron chi connectivity index (χ1n) is 7.48. The number of nitrogens with one attached hydrogen (secondary N) is 1. The summed E-state index contributed by atoms with van der Waals surface area (Å²) >= 11 is 11.6. The molecule has 0 unspecified atom stereocenters. The molecule has 8 nitrogen and oxygen atoms in total. The van der Waals surface area contributed by atoms with Crippen LogP contribution >= 0.6 is 23.8 Å². The van der Waals surface area contributed by atoms with Gasteiger partial charge in [-0.15, -0.1) is 0 Å². The number of hydrogen-bond acceptors (Lipinski definition) is 6. The highest BCUT2D eigenvalue weighted by molar-refractivity contribution is 7.91. The third kappa shape index (κ3) is 3.17. The molecule has 3 heterocycles. The summed E-state index contributed by atoms with van der Waals surface area (Å²) in [6, 6.07) is -0.231. The van der Waals surface area contributed by atoms with Gasteiger partial charge in [-0.3, -0.25) is 5.10 Å². The maximum Gasteiger partial charge on any atom is 0.216 e. The van der Waals surface area contributed by atoms with Gasteiger partial charge in [0.05, 0.1) is 35.0 Å². The van der Waals surface area contributed by atoms with Gasteiger partial charge in [0, 0.05) is 6.42 Å². The molecular formula is C13H17ClN6O2S2. The minimum Gasteiger partial charge on any atom is -0.250 e. The second-order valence-corrected chi connectivity index (χ2v) is 8.62. The molecule has 1 atom stereocenters. The van der Waals surface area contributed by atoms with Gasteiger partial charge in [-0.1, -0.05) is 18.5 Å². The molecule has 3 rings (SSSR count). The Bertz CT molecular complexity index is 956. The van der Waals surface area contributed by atoms with Crippen LogP contribution < -0.4 is 0 Å². The number of aromatic nitrogens is 5. The number of H-pyrrole nitrogens is 1. The van der Waals surface area contributed by atoms with E-state index in [0.717, 1.165) is 0 Å². The highest BCUT2D eigenvalue weighted by Crippen LogP contribution is 2.29. The Morgan fingerprint density at radius 2 is 2.29 bits per heavy atom. The molecular weight excluding hydrogens is 372 g/mol. The van der Waals surface area contributed by atoms with Gasteiger partial charge in [0.15, 0.2) is 15.7 Å². The fraction of sp³-hybridized carbons (Fsp3) is 0.538. The van der Waals surface area contributed by atoms with E-state index in [4.69, 9.17) is 23.8 Å². The summed E-state index contributed by atoms with van der Waals surface area (Å²) in [7, 11) is -3.01. The predicted molar refractivity (Wildman–Crippen MR) is 94.1 cm³/mol. The molecule has 0 spiro atoms. The lowest BCUT2D eigenvalue weighted by Gasteiger charge is -2.09. The molecule has 1 fully saturated rings. The van der Waals surface area contributed by atoms with Gasteiger partial charge in [0.25, 0.3) is 0 Å². The van der Waals surface area contributed by atoms with Crippen LogP contribution in [0.25, 0.3) is 0 Å². The van der Waals surface area contributed by atoms with Crippen molar-refractivity contribution >= 4 is 39.9 Å². The molecule has 0 radical (unpaired) electrons. The predicted octanol–water partition coefficient (Wildman–Crippen LogP) is 1.90. The summed E-state index contributed by atoms with van der Waals surface area (Å²) in [6.45, 7) is 3.76. The number of halogens is 1. The number of nitrogens with zero attached hydrogens (tertiary/aromatic N) is 5. The van der Waals surface area contributed by atoms with E-state index >= 15 is 0 Å². The molecule has 130 valence electrons. The van der Waals surface area contributed by atoms with Crippen LogP contribution in [0.15, 0.2) is 5.10 Å². The van der Waals surface area contributed by atoms with Gasteiger partial charge >= 0.3 is 0 Å². The third-order valence-electron chi connectivity index (χ3n) is 3.96. The molecule has 0 bridgehead atoms. The minimum absolute atomic E-state index is 0.0667. The van der Waals surface area contributed by atoms with E-state index in [1.165, 1.54) is 4.68 Å². The highest BCUT2D eigenvalue weighted by atomic mass is 35.5. The Kier molecular flexibility index (Phi) is 4.63. The van der Waals surface area contributed by atoms with Crippen LogP contribution in [0.4, 0.5) is 0 Å². The minimum atomic E-state index is -3.01. The van der Waals surface area contributed by atoms with Crippen molar-refractivity contribution in [1.82, 2.24) is 24.7 Å². The Balaban J connectivity index is 1.94. The molecule has 1 N–H and O–H groups in total.